The van der Waals surface area contributed by atoms with Gasteiger partial charge in [0.2, 0.25) is 0 Å². The van der Waals surface area contributed by atoms with Gasteiger partial charge in [0.1, 0.15) is 5.75 Å². The van der Waals surface area contributed by atoms with Crippen LogP contribution in [0.5, 0.6) is 5.75 Å². The number of hydrogen-bond donors (Lipinski definition) is 3. The van der Waals surface area contributed by atoms with Crippen LogP contribution in [0, 0.1) is 0 Å². The van der Waals surface area contributed by atoms with Crippen LogP contribution in [0.25, 0.3) is 11.1 Å². The van der Waals surface area contributed by atoms with Gasteiger partial charge >= 0.3 is 0 Å². The zero-order chi connectivity index (χ0) is 22.2. The minimum atomic E-state index is 0.161. The maximum atomic E-state index is 9.86. The fraction of sp³-hybridized carbons (Fsp3) is 0.310. The number of allylic oxidation sites excluding steroid dienone is 1. The van der Waals surface area contributed by atoms with Crippen LogP contribution in [-0.2, 0) is 0 Å². The van der Waals surface area contributed by atoms with Crippen molar-refractivity contribution in [2.75, 3.05) is 19.7 Å². The number of hydrogen-bond acceptors (Lipinski definition) is 3. The highest BCUT2D eigenvalue weighted by molar-refractivity contribution is 5.98. The number of aromatic hydroxyl groups is 1. The van der Waals surface area contributed by atoms with Crippen molar-refractivity contribution in [2.45, 2.75) is 38.0 Å². The highest BCUT2D eigenvalue weighted by Crippen LogP contribution is 2.36. The number of aliphatic hydroxyl groups excluding tert-OH is 1. The van der Waals surface area contributed by atoms with Crippen LogP contribution in [0.15, 0.2) is 78.9 Å². The normalized spacial score (nSPS) is 17.5. The van der Waals surface area contributed by atoms with Gasteiger partial charge in [-0.05, 0) is 96.6 Å². The molecule has 3 N–H and O–H groups in total. The standard InChI is InChI=1S/C29H33NO2/c31-21-5-9-28(24-6-2-1-3-7-24)29(26-14-16-27(32)17-15-26)25-12-10-23(11-13-25)22-8-4-19-30-20-18-22/h1-3,6-7,10-17,22,30-32H,4-5,8-9,18-21H2/b29-28+. The maximum absolute atomic E-state index is 9.86. The Morgan fingerprint density at radius 3 is 2.16 bits per heavy atom. The molecule has 0 radical (unpaired) electrons. The molecule has 32 heavy (non-hydrogen) atoms. The summed E-state index contributed by atoms with van der Waals surface area (Å²) < 4.78 is 0. The van der Waals surface area contributed by atoms with Crippen LogP contribution in [0.2, 0.25) is 0 Å². The zero-order valence-electron chi connectivity index (χ0n) is 18.6. The third kappa shape index (κ3) is 5.48. The summed E-state index contributed by atoms with van der Waals surface area (Å²) >= 11 is 0. The molecule has 0 aromatic heterocycles. The predicted molar refractivity (Wildman–Crippen MR) is 133 cm³/mol. The van der Waals surface area contributed by atoms with E-state index in [1.807, 2.05) is 18.2 Å². The molecule has 3 aromatic carbocycles. The van der Waals surface area contributed by atoms with E-state index in [-0.39, 0.29) is 12.4 Å². The monoisotopic (exact) mass is 427 g/mol. The lowest BCUT2D eigenvalue weighted by Crippen LogP contribution is -2.13. The molecule has 1 aliphatic heterocycles. The summed E-state index contributed by atoms with van der Waals surface area (Å²) in [6.07, 6.45) is 5.14. The van der Waals surface area contributed by atoms with Gasteiger partial charge in [-0.25, -0.2) is 0 Å². The minimum absolute atomic E-state index is 0.161. The van der Waals surface area contributed by atoms with Gasteiger partial charge in [0.05, 0.1) is 0 Å². The minimum Gasteiger partial charge on any atom is -0.508 e. The fourth-order valence-electron chi connectivity index (χ4n) is 4.73. The average Bonchev–Trinajstić information content (AvgIpc) is 3.13. The number of phenols is 1. The third-order valence-corrected chi connectivity index (χ3v) is 6.41. The van der Waals surface area contributed by atoms with Crippen LogP contribution in [0.3, 0.4) is 0 Å². The third-order valence-electron chi connectivity index (χ3n) is 6.41. The average molecular weight is 428 g/mol. The van der Waals surface area contributed by atoms with Gasteiger partial charge in [0, 0.05) is 6.61 Å². The fourth-order valence-corrected chi connectivity index (χ4v) is 4.73. The van der Waals surface area contributed by atoms with E-state index in [1.165, 1.54) is 47.1 Å². The van der Waals surface area contributed by atoms with Gasteiger partial charge in [-0.3, -0.25) is 0 Å². The Balaban J connectivity index is 1.80. The van der Waals surface area contributed by atoms with Crippen molar-refractivity contribution < 1.29 is 10.2 Å². The number of rotatable bonds is 7. The highest BCUT2D eigenvalue weighted by atomic mass is 16.3. The van der Waals surface area contributed by atoms with Crippen molar-refractivity contribution >= 4 is 11.1 Å². The van der Waals surface area contributed by atoms with Crippen LogP contribution in [-0.4, -0.2) is 29.9 Å². The van der Waals surface area contributed by atoms with Crippen molar-refractivity contribution in [2.24, 2.45) is 0 Å². The first-order valence-electron chi connectivity index (χ1n) is 11.8. The lowest BCUT2D eigenvalue weighted by atomic mass is 9.85. The molecule has 0 bridgehead atoms. The SMILES string of the molecule is OCCC/C(=C(\c1ccc(O)cc1)c1ccc(C2CCCNCC2)cc1)c1ccccc1. The summed E-state index contributed by atoms with van der Waals surface area (Å²) in [4.78, 5) is 0. The van der Waals surface area contributed by atoms with Crippen molar-refractivity contribution in [1.29, 1.82) is 0 Å². The first-order valence-corrected chi connectivity index (χ1v) is 11.8. The highest BCUT2D eigenvalue weighted by Gasteiger charge is 2.17. The molecule has 1 heterocycles. The first-order chi connectivity index (χ1) is 15.8. The van der Waals surface area contributed by atoms with E-state index in [4.69, 9.17) is 0 Å². The van der Waals surface area contributed by atoms with Gasteiger partial charge < -0.3 is 15.5 Å². The lowest BCUT2D eigenvalue weighted by molar-refractivity contribution is 0.290. The van der Waals surface area contributed by atoms with Gasteiger partial charge in [-0.1, -0.05) is 66.7 Å². The number of phenolic OH excluding ortho intramolecular Hbond substituents is 1. The molecule has 0 aliphatic carbocycles. The van der Waals surface area contributed by atoms with E-state index in [0.717, 1.165) is 25.1 Å². The van der Waals surface area contributed by atoms with Crippen molar-refractivity contribution in [3.05, 3.63) is 101 Å². The Kier molecular flexibility index (Phi) is 7.76. The number of nitrogens with one attached hydrogen (secondary N) is 1. The van der Waals surface area contributed by atoms with Crippen molar-refractivity contribution in [1.82, 2.24) is 5.32 Å². The molecule has 0 amide bonds. The molecule has 1 fully saturated rings. The number of aliphatic hydroxyl groups is 1. The van der Waals surface area contributed by atoms with Crippen LogP contribution >= 0.6 is 0 Å². The van der Waals surface area contributed by atoms with E-state index in [1.54, 1.807) is 12.1 Å². The lowest BCUT2D eigenvalue weighted by Gasteiger charge is -2.19. The summed E-state index contributed by atoms with van der Waals surface area (Å²) in [7, 11) is 0. The molecule has 0 saturated carbocycles. The summed E-state index contributed by atoms with van der Waals surface area (Å²) in [6, 6.07) is 27.0. The Morgan fingerprint density at radius 2 is 1.47 bits per heavy atom. The quantitative estimate of drug-likeness (QED) is 0.407. The molecule has 4 rings (SSSR count). The molecule has 1 aliphatic rings. The van der Waals surface area contributed by atoms with Crippen molar-refractivity contribution in [3.63, 3.8) is 0 Å². The first kappa shape index (κ1) is 22.3. The zero-order valence-corrected chi connectivity index (χ0v) is 18.6. The van der Waals surface area contributed by atoms with E-state index < -0.39 is 0 Å². The summed E-state index contributed by atoms with van der Waals surface area (Å²) in [5, 5.41) is 22.9. The summed E-state index contributed by atoms with van der Waals surface area (Å²) in [5.74, 6) is 0.880. The van der Waals surface area contributed by atoms with E-state index >= 15 is 0 Å². The molecule has 1 atom stereocenters. The van der Waals surface area contributed by atoms with Crippen molar-refractivity contribution in [3.8, 4) is 5.75 Å². The van der Waals surface area contributed by atoms with Gasteiger partial charge in [0.15, 0.2) is 0 Å². The second kappa shape index (κ2) is 11.1. The van der Waals surface area contributed by atoms with E-state index in [0.29, 0.717) is 12.3 Å². The number of benzene rings is 3. The summed E-state index contributed by atoms with van der Waals surface area (Å²) in [5.41, 5.74) is 7.21. The second-order valence-corrected chi connectivity index (χ2v) is 8.59. The van der Waals surface area contributed by atoms with E-state index in [2.05, 4.69) is 53.8 Å². The molecule has 3 aromatic rings. The molecule has 1 unspecified atom stereocenters. The van der Waals surface area contributed by atoms with Crippen LogP contribution < -0.4 is 5.32 Å². The second-order valence-electron chi connectivity index (χ2n) is 8.59. The predicted octanol–water partition coefficient (Wildman–Crippen LogP) is 5.98. The van der Waals surface area contributed by atoms with E-state index in [9.17, 15) is 10.2 Å². The maximum Gasteiger partial charge on any atom is 0.115 e. The van der Waals surface area contributed by atoms with Crippen LogP contribution in [0.4, 0.5) is 0 Å². The van der Waals surface area contributed by atoms with Crippen LogP contribution in [0.1, 0.15) is 60.3 Å². The van der Waals surface area contributed by atoms with Gasteiger partial charge in [0.25, 0.3) is 0 Å². The largest absolute Gasteiger partial charge is 0.508 e. The molecule has 3 nitrogen and oxygen atoms in total. The molecule has 166 valence electrons. The Labute approximate surface area is 191 Å². The molecule has 0 spiro atoms. The molecule has 3 heteroatoms. The topological polar surface area (TPSA) is 52.5 Å². The Morgan fingerprint density at radius 1 is 0.781 bits per heavy atom. The molecule has 1 saturated heterocycles. The van der Waals surface area contributed by atoms with Gasteiger partial charge in [-0.15, -0.1) is 0 Å². The summed E-state index contributed by atoms with van der Waals surface area (Å²) in [6.45, 7) is 2.37. The molecular weight excluding hydrogens is 394 g/mol. The Bertz CT molecular complexity index is 999. The Hall–Kier alpha value is -2.88. The smallest absolute Gasteiger partial charge is 0.115 e. The molecular formula is C29H33NO2. The van der Waals surface area contributed by atoms with Gasteiger partial charge in [-0.2, -0.15) is 0 Å².